The van der Waals surface area contributed by atoms with Crippen molar-refractivity contribution in [3.63, 3.8) is 0 Å². The van der Waals surface area contributed by atoms with E-state index in [1.807, 2.05) is 12.1 Å². The Morgan fingerprint density at radius 2 is 2.10 bits per heavy atom. The molecule has 2 N–H and O–H groups in total. The lowest BCUT2D eigenvalue weighted by Gasteiger charge is -2.18. The molecule has 3 rings (SSSR count). The fraction of sp³-hybridized carbons (Fsp3) is 0.188. The number of halogens is 1. The Labute approximate surface area is 116 Å². The van der Waals surface area contributed by atoms with E-state index in [0.29, 0.717) is 17.8 Å². The number of carbonyl (C=O) groups is 1. The van der Waals surface area contributed by atoms with Gasteiger partial charge >= 0.3 is 0 Å². The first-order valence-electron chi connectivity index (χ1n) is 6.53. The number of anilines is 2. The van der Waals surface area contributed by atoms with Crippen molar-refractivity contribution in [3.05, 3.63) is 58.9 Å². The number of carbonyl (C=O) groups excluding carboxylic acids is 1. The largest absolute Gasteiger partial charge is 0.399 e. The molecule has 102 valence electrons. The van der Waals surface area contributed by atoms with Crippen molar-refractivity contribution in [1.29, 1.82) is 0 Å². The molecule has 0 fully saturated rings. The smallest absolute Gasteiger partial charge is 0.261 e. The van der Waals surface area contributed by atoms with Crippen LogP contribution in [0.4, 0.5) is 15.8 Å². The molecule has 2 aromatic carbocycles. The van der Waals surface area contributed by atoms with Crippen LogP contribution in [0.15, 0.2) is 36.4 Å². The Kier molecular flexibility index (Phi) is 2.93. The van der Waals surface area contributed by atoms with Gasteiger partial charge in [-0.3, -0.25) is 4.79 Å². The topological polar surface area (TPSA) is 46.3 Å². The number of nitrogens with two attached hydrogens (primary N) is 1. The minimum Gasteiger partial charge on any atom is -0.399 e. The van der Waals surface area contributed by atoms with Gasteiger partial charge in [-0.1, -0.05) is 12.1 Å². The molecule has 0 saturated carbocycles. The summed E-state index contributed by atoms with van der Waals surface area (Å²) in [5.74, 6) is -0.740. The summed E-state index contributed by atoms with van der Waals surface area (Å²) >= 11 is 0. The first kappa shape index (κ1) is 12.7. The van der Waals surface area contributed by atoms with E-state index < -0.39 is 5.82 Å². The van der Waals surface area contributed by atoms with E-state index in [1.54, 1.807) is 30.0 Å². The summed E-state index contributed by atoms with van der Waals surface area (Å²) in [6, 6.07) is 10.3. The van der Waals surface area contributed by atoms with Crippen molar-refractivity contribution in [3.8, 4) is 0 Å². The molecule has 0 aromatic heterocycles. The molecule has 1 aliphatic heterocycles. The monoisotopic (exact) mass is 270 g/mol. The van der Waals surface area contributed by atoms with E-state index >= 15 is 0 Å². The number of rotatable bonds is 1. The molecular weight excluding hydrogens is 255 g/mol. The summed E-state index contributed by atoms with van der Waals surface area (Å²) in [6.07, 6.45) is 0.750. The lowest BCUT2D eigenvalue weighted by molar-refractivity contribution is 0.0985. The van der Waals surface area contributed by atoms with E-state index in [4.69, 9.17) is 5.73 Å². The van der Waals surface area contributed by atoms with Gasteiger partial charge < -0.3 is 10.6 Å². The van der Waals surface area contributed by atoms with E-state index in [2.05, 4.69) is 0 Å². The zero-order valence-corrected chi connectivity index (χ0v) is 11.2. The average molecular weight is 270 g/mol. The van der Waals surface area contributed by atoms with Crippen molar-refractivity contribution in [2.45, 2.75) is 13.3 Å². The number of nitrogen functional groups attached to an aromatic ring is 1. The third kappa shape index (κ3) is 1.93. The van der Waals surface area contributed by atoms with Gasteiger partial charge in [-0.05, 0) is 48.7 Å². The van der Waals surface area contributed by atoms with Crippen molar-refractivity contribution in [2.24, 2.45) is 0 Å². The predicted molar refractivity (Wildman–Crippen MR) is 77.4 cm³/mol. The molecule has 0 spiro atoms. The second-order valence-electron chi connectivity index (χ2n) is 5.03. The maximum Gasteiger partial charge on any atom is 0.261 e. The standard InChI is InChI=1S/C16H15FN2O/c1-10-3-2-4-13(15(10)17)16(20)19-8-7-11-9-12(18)5-6-14(11)19/h2-6,9H,7-8,18H2,1H3. The molecule has 0 aliphatic carbocycles. The van der Waals surface area contributed by atoms with Crippen molar-refractivity contribution < 1.29 is 9.18 Å². The highest BCUT2D eigenvalue weighted by Gasteiger charge is 2.27. The minimum atomic E-state index is -0.443. The maximum absolute atomic E-state index is 14.1. The molecule has 0 atom stereocenters. The number of amides is 1. The lowest BCUT2D eigenvalue weighted by Crippen LogP contribution is -2.29. The fourth-order valence-electron chi connectivity index (χ4n) is 2.59. The first-order valence-corrected chi connectivity index (χ1v) is 6.53. The van der Waals surface area contributed by atoms with E-state index in [0.717, 1.165) is 17.7 Å². The quantitative estimate of drug-likeness (QED) is 0.810. The van der Waals surface area contributed by atoms with E-state index in [-0.39, 0.29) is 11.5 Å². The molecule has 0 saturated heterocycles. The van der Waals surface area contributed by atoms with Crippen LogP contribution in [-0.4, -0.2) is 12.5 Å². The fourth-order valence-corrected chi connectivity index (χ4v) is 2.59. The van der Waals surface area contributed by atoms with Crippen LogP contribution in [0.2, 0.25) is 0 Å². The van der Waals surface area contributed by atoms with Gasteiger partial charge in [0.1, 0.15) is 5.82 Å². The molecule has 20 heavy (non-hydrogen) atoms. The van der Waals surface area contributed by atoms with Gasteiger partial charge in [0.25, 0.3) is 5.91 Å². The molecular formula is C16H15FN2O. The number of fused-ring (bicyclic) bond motifs is 1. The Morgan fingerprint density at radius 1 is 1.30 bits per heavy atom. The number of aryl methyl sites for hydroxylation is 1. The number of hydrogen-bond donors (Lipinski definition) is 1. The second kappa shape index (κ2) is 4.63. The SMILES string of the molecule is Cc1cccc(C(=O)N2CCc3cc(N)ccc32)c1F. The number of nitrogens with zero attached hydrogens (tertiary/aromatic N) is 1. The molecule has 1 amide bonds. The van der Waals surface area contributed by atoms with Crippen LogP contribution in [-0.2, 0) is 6.42 Å². The highest BCUT2D eigenvalue weighted by atomic mass is 19.1. The van der Waals surface area contributed by atoms with Gasteiger partial charge in [-0.15, -0.1) is 0 Å². The van der Waals surface area contributed by atoms with Crippen LogP contribution in [0, 0.1) is 12.7 Å². The van der Waals surface area contributed by atoms with Gasteiger partial charge in [0, 0.05) is 17.9 Å². The molecule has 0 bridgehead atoms. The Balaban J connectivity index is 2.00. The number of benzene rings is 2. The van der Waals surface area contributed by atoms with Crippen LogP contribution in [0.5, 0.6) is 0 Å². The first-order chi connectivity index (χ1) is 9.58. The Bertz CT molecular complexity index is 697. The van der Waals surface area contributed by atoms with Crippen molar-refractivity contribution in [2.75, 3.05) is 17.2 Å². The number of hydrogen-bond acceptors (Lipinski definition) is 2. The zero-order chi connectivity index (χ0) is 14.3. The van der Waals surface area contributed by atoms with Gasteiger partial charge in [0.2, 0.25) is 0 Å². The highest BCUT2D eigenvalue weighted by molar-refractivity contribution is 6.07. The van der Waals surface area contributed by atoms with Gasteiger partial charge in [0.05, 0.1) is 5.56 Å². The van der Waals surface area contributed by atoms with Gasteiger partial charge in [0.15, 0.2) is 0 Å². The normalized spacial score (nSPS) is 13.4. The summed E-state index contributed by atoms with van der Waals surface area (Å²) in [7, 11) is 0. The van der Waals surface area contributed by atoms with E-state index in [9.17, 15) is 9.18 Å². The van der Waals surface area contributed by atoms with Crippen molar-refractivity contribution >= 4 is 17.3 Å². The van der Waals surface area contributed by atoms with Crippen LogP contribution >= 0.6 is 0 Å². The summed E-state index contributed by atoms with van der Waals surface area (Å²) in [4.78, 5) is 14.1. The van der Waals surface area contributed by atoms with E-state index in [1.165, 1.54) is 6.07 Å². The van der Waals surface area contributed by atoms with Crippen LogP contribution in [0.25, 0.3) is 0 Å². The predicted octanol–water partition coefficient (Wildman–Crippen LogP) is 2.92. The Morgan fingerprint density at radius 3 is 2.90 bits per heavy atom. The minimum absolute atomic E-state index is 0.120. The third-order valence-corrected chi connectivity index (χ3v) is 3.67. The molecule has 0 unspecified atom stereocenters. The molecule has 4 heteroatoms. The third-order valence-electron chi connectivity index (χ3n) is 3.67. The van der Waals surface area contributed by atoms with Gasteiger partial charge in [-0.2, -0.15) is 0 Å². The highest BCUT2D eigenvalue weighted by Crippen LogP contribution is 2.31. The summed E-state index contributed by atoms with van der Waals surface area (Å²) in [5, 5.41) is 0. The van der Waals surface area contributed by atoms with Crippen LogP contribution in [0.3, 0.4) is 0 Å². The summed E-state index contributed by atoms with van der Waals surface area (Å²) in [5.41, 5.74) is 8.88. The Hall–Kier alpha value is -2.36. The molecule has 0 radical (unpaired) electrons. The molecule has 1 aliphatic rings. The zero-order valence-electron chi connectivity index (χ0n) is 11.2. The van der Waals surface area contributed by atoms with Crippen molar-refractivity contribution in [1.82, 2.24) is 0 Å². The lowest BCUT2D eigenvalue weighted by atomic mass is 10.1. The molecule has 2 aromatic rings. The molecule has 3 nitrogen and oxygen atoms in total. The maximum atomic E-state index is 14.1. The van der Waals surface area contributed by atoms with Crippen LogP contribution < -0.4 is 10.6 Å². The summed E-state index contributed by atoms with van der Waals surface area (Å²) in [6.45, 7) is 2.22. The van der Waals surface area contributed by atoms with Gasteiger partial charge in [-0.25, -0.2) is 4.39 Å². The van der Waals surface area contributed by atoms with Crippen LogP contribution in [0.1, 0.15) is 21.5 Å². The second-order valence-corrected chi connectivity index (χ2v) is 5.03. The summed E-state index contributed by atoms with van der Waals surface area (Å²) < 4.78 is 14.1. The molecule has 1 heterocycles. The average Bonchev–Trinajstić information content (AvgIpc) is 2.84.